The standard InChI is InChI=1S/C22H16N2O/c1-3-14-7-6-12-18-19(14)13(2)24-21(23-18)16-10-4-8-15-9-5-11-17(20(15)16)22(24)25/h3-12H,1-2H3/b14-3-. The summed E-state index contributed by atoms with van der Waals surface area (Å²) in [5.41, 5.74) is 2.58. The predicted octanol–water partition coefficient (Wildman–Crippen LogP) is 3.98. The first-order chi connectivity index (χ1) is 12.2. The van der Waals surface area contributed by atoms with Gasteiger partial charge in [0.2, 0.25) is 0 Å². The summed E-state index contributed by atoms with van der Waals surface area (Å²) < 4.78 is 1.77. The van der Waals surface area contributed by atoms with Gasteiger partial charge in [-0.05, 0) is 36.6 Å². The largest absolute Gasteiger partial charge is 0.268 e. The molecule has 0 radical (unpaired) electrons. The number of benzene rings is 3. The maximum absolute atomic E-state index is 13.3. The van der Waals surface area contributed by atoms with Crippen molar-refractivity contribution < 1.29 is 0 Å². The number of rotatable bonds is 0. The minimum atomic E-state index is -0.00268. The number of hydrogen-bond acceptors (Lipinski definition) is 2. The molecule has 120 valence electrons. The summed E-state index contributed by atoms with van der Waals surface area (Å²) >= 11 is 0. The molecule has 2 aromatic heterocycles. The van der Waals surface area contributed by atoms with E-state index in [1.54, 1.807) is 4.40 Å². The molecule has 0 saturated heterocycles. The van der Waals surface area contributed by atoms with Gasteiger partial charge in [0.05, 0.1) is 5.52 Å². The third kappa shape index (κ3) is 1.75. The minimum absolute atomic E-state index is 0.00268. The lowest BCUT2D eigenvalue weighted by molar-refractivity contribution is 1.04. The lowest BCUT2D eigenvalue weighted by Gasteiger charge is -2.13. The van der Waals surface area contributed by atoms with Crippen molar-refractivity contribution in [3.05, 3.63) is 75.9 Å². The fourth-order valence-corrected chi connectivity index (χ4v) is 3.98. The van der Waals surface area contributed by atoms with E-state index in [-0.39, 0.29) is 5.56 Å². The zero-order valence-electron chi connectivity index (χ0n) is 14.1. The van der Waals surface area contributed by atoms with Gasteiger partial charge in [-0.1, -0.05) is 48.5 Å². The van der Waals surface area contributed by atoms with Gasteiger partial charge in [-0.2, -0.15) is 0 Å². The molecule has 0 saturated carbocycles. The summed E-state index contributed by atoms with van der Waals surface area (Å²) in [5, 5.41) is 5.97. The zero-order valence-corrected chi connectivity index (χ0v) is 14.1. The van der Waals surface area contributed by atoms with Gasteiger partial charge in [0.25, 0.3) is 5.56 Å². The number of fused-ring (bicyclic) bond motifs is 3. The molecule has 0 amide bonds. The molecule has 0 unspecified atom stereocenters. The van der Waals surface area contributed by atoms with Crippen molar-refractivity contribution in [1.29, 1.82) is 0 Å². The molecule has 0 aliphatic heterocycles. The van der Waals surface area contributed by atoms with Crippen LogP contribution in [-0.2, 0) is 0 Å². The van der Waals surface area contributed by atoms with Crippen molar-refractivity contribution in [3.8, 4) is 0 Å². The Labute approximate surface area is 143 Å². The lowest BCUT2D eigenvalue weighted by atomic mass is 10.0. The molecule has 5 rings (SSSR count). The Morgan fingerprint density at radius 1 is 0.920 bits per heavy atom. The van der Waals surface area contributed by atoms with Crippen LogP contribution < -0.4 is 10.8 Å². The molecule has 25 heavy (non-hydrogen) atoms. The van der Waals surface area contributed by atoms with Gasteiger partial charge < -0.3 is 0 Å². The van der Waals surface area contributed by atoms with E-state index >= 15 is 0 Å². The van der Waals surface area contributed by atoms with Crippen molar-refractivity contribution in [2.24, 2.45) is 0 Å². The summed E-state index contributed by atoms with van der Waals surface area (Å²) in [5.74, 6) is 0. The van der Waals surface area contributed by atoms with E-state index in [4.69, 9.17) is 4.98 Å². The molecular weight excluding hydrogens is 308 g/mol. The summed E-state index contributed by atoms with van der Waals surface area (Å²) in [6.07, 6.45) is 2.06. The number of aromatic nitrogens is 2. The van der Waals surface area contributed by atoms with Gasteiger partial charge in [0, 0.05) is 27.2 Å². The third-order valence-electron chi connectivity index (χ3n) is 5.10. The lowest BCUT2D eigenvalue weighted by Crippen LogP contribution is -2.20. The van der Waals surface area contributed by atoms with Crippen molar-refractivity contribution in [1.82, 2.24) is 9.38 Å². The molecule has 2 heterocycles. The average molecular weight is 324 g/mol. The monoisotopic (exact) mass is 324 g/mol. The second-order valence-corrected chi connectivity index (χ2v) is 6.40. The Morgan fingerprint density at radius 3 is 2.40 bits per heavy atom. The fourth-order valence-electron chi connectivity index (χ4n) is 3.98. The van der Waals surface area contributed by atoms with Gasteiger partial charge >= 0.3 is 0 Å². The first-order valence-corrected chi connectivity index (χ1v) is 8.42. The van der Waals surface area contributed by atoms with Crippen molar-refractivity contribution in [2.45, 2.75) is 13.8 Å². The van der Waals surface area contributed by atoms with Crippen LogP contribution in [0, 0.1) is 6.92 Å². The SMILES string of the molecule is C/C=c1/cccc2nc3c4cccc5cccc(c(=O)n3c(C)c12)c54. The second-order valence-electron chi connectivity index (χ2n) is 6.40. The van der Waals surface area contributed by atoms with E-state index in [1.165, 1.54) is 0 Å². The molecule has 5 aromatic rings. The molecular formula is C22H16N2O. The normalized spacial score (nSPS) is 12.8. The van der Waals surface area contributed by atoms with E-state index in [2.05, 4.69) is 18.2 Å². The van der Waals surface area contributed by atoms with Crippen LogP contribution >= 0.6 is 0 Å². The zero-order chi connectivity index (χ0) is 17.1. The highest BCUT2D eigenvalue weighted by Gasteiger charge is 2.15. The molecule has 0 N–H and O–H groups in total. The van der Waals surface area contributed by atoms with Crippen molar-refractivity contribution in [2.75, 3.05) is 0 Å². The molecule has 3 nitrogen and oxygen atoms in total. The second kappa shape index (κ2) is 4.90. The number of hydrogen-bond donors (Lipinski definition) is 0. The minimum Gasteiger partial charge on any atom is -0.268 e. The van der Waals surface area contributed by atoms with Crippen LogP contribution in [0.1, 0.15) is 12.6 Å². The highest BCUT2D eigenvalue weighted by Crippen LogP contribution is 2.28. The van der Waals surface area contributed by atoms with Gasteiger partial charge in [-0.25, -0.2) is 4.98 Å². The average Bonchev–Trinajstić information content (AvgIpc) is 2.65. The van der Waals surface area contributed by atoms with Gasteiger partial charge in [-0.15, -0.1) is 0 Å². The van der Waals surface area contributed by atoms with E-state index in [1.807, 2.05) is 56.3 Å². The van der Waals surface area contributed by atoms with Crippen LogP contribution in [0.5, 0.6) is 0 Å². The van der Waals surface area contributed by atoms with Crippen LogP contribution in [0.2, 0.25) is 0 Å². The summed E-state index contributed by atoms with van der Waals surface area (Å²) in [7, 11) is 0. The smallest absolute Gasteiger partial charge is 0.264 e. The Hall–Kier alpha value is -3.20. The highest BCUT2D eigenvalue weighted by molar-refractivity contribution is 6.14. The third-order valence-corrected chi connectivity index (χ3v) is 5.10. The highest BCUT2D eigenvalue weighted by atomic mass is 16.1. The topological polar surface area (TPSA) is 34.4 Å². The fraction of sp³-hybridized carbons (Fsp3) is 0.0909. The molecule has 3 aromatic carbocycles. The Bertz CT molecular complexity index is 1420. The number of nitrogens with zero attached hydrogens (tertiary/aromatic N) is 2. The van der Waals surface area contributed by atoms with E-state index < -0.39 is 0 Å². The molecule has 0 atom stereocenters. The van der Waals surface area contributed by atoms with Crippen LogP contribution in [0.25, 0.3) is 44.2 Å². The predicted molar refractivity (Wildman–Crippen MR) is 104 cm³/mol. The molecule has 0 aliphatic carbocycles. The Kier molecular flexibility index (Phi) is 2.78. The number of pyridine rings is 1. The van der Waals surface area contributed by atoms with Crippen LogP contribution in [0.15, 0.2) is 59.4 Å². The van der Waals surface area contributed by atoms with Crippen LogP contribution in [-0.4, -0.2) is 9.38 Å². The first kappa shape index (κ1) is 14.2. The molecule has 3 heteroatoms. The number of aryl methyl sites for hydroxylation is 1. The maximum atomic E-state index is 13.3. The summed E-state index contributed by atoms with van der Waals surface area (Å²) in [6, 6.07) is 18.1. The molecule has 0 spiro atoms. The summed E-state index contributed by atoms with van der Waals surface area (Å²) in [6.45, 7) is 4.02. The first-order valence-electron chi connectivity index (χ1n) is 8.42. The van der Waals surface area contributed by atoms with Gasteiger partial charge in [0.15, 0.2) is 0 Å². The van der Waals surface area contributed by atoms with E-state index in [9.17, 15) is 4.79 Å². The molecule has 0 bridgehead atoms. The van der Waals surface area contributed by atoms with Gasteiger partial charge in [0.1, 0.15) is 5.65 Å². The van der Waals surface area contributed by atoms with E-state index in [0.717, 1.165) is 49.0 Å². The summed E-state index contributed by atoms with van der Waals surface area (Å²) in [4.78, 5) is 18.2. The van der Waals surface area contributed by atoms with Gasteiger partial charge in [-0.3, -0.25) is 9.20 Å². The van der Waals surface area contributed by atoms with Crippen LogP contribution in [0.3, 0.4) is 0 Å². The van der Waals surface area contributed by atoms with Crippen LogP contribution in [0.4, 0.5) is 0 Å². The van der Waals surface area contributed by atoms with Crippen molar-refractivity contribution in [3.63, 3.8) is 0 Å². The maximum Gasteiger partial charge on any atom is 0.264 e. The Morgan fingerprint density at radius 2 is 1.64 bits per heavy atom. The van der Waals surface area contributed by atoms with Crippen molar-refractivity contribution >= 4 is 44.2 Å². The molecule has 0 fully saturated rings. The van der Waals surface area contributed by atoms with E-state index in [0.29, 0.717) is 0 Å². The Balaban J connectivity index is 2.22. The molecule has 0 aliphatic rings. The quantitative estimate of drug-likeness (QED) is 0.319.